The minimum absolute atomic E-state index is 0.0210. The maximum atomic E-state index is 10.5. The Labute approximate surface area is 67.8 Å². The van der Waals surface area contributed by atoms with Gasteiger partial charge in [0.25, 0.3) is 0 Å². The number of hydrogen-bond acceptors (Lipinski definition) is 4. The van der Waals surface area contributed by atoms with Crippen molar-refractivity contribution in [3.8, 4) is 0 Å². The molecule has 1 saturated carbocycles. The maximum Gasteiger partial charge on any atom is 0.307 e. The molecule has 1 aromatic rings. The highest BCUT2D eigenvalue weighted by Gasteiger charge is 2.46. The molecule has 1 heterocycles. The molecule has 1 aromatic heterocycles. The maximum absolute atomic E-state index is 10.5. The number of nitrogens with one attached hydrogen (secondary N) is 1. The Balaban J connectivity index is 2.10. The van der Waals surface area contributed by atoms with Gasteiger partial charge in [0.15, 0.2) is 0 Å². The van der Waals surface area contributed by atoms with Crippen molar-refractivity contribution in [2.24, 2.45) is 5.92 Å². The Bertz CT molecular complexity index is 321. The topological polar surface area (TPSA) is 105 Å². The highest BCUT2D eigenvalue weighted by Crippen LogP contribution is 2.45. The lowest BCUT2D eigenvalue weighted by atomic mass is 10.3. The molecule has 0 radical (unpaired) electrons. The fourth-order valence-corrected chi connectivity index (χ4v) is 1.22. The average molecular weight is 168 g/mol. The molecule has 1 aliphatic rings. The molecule has 2 unspecified atom stereocenters. The zero-order chi connectivity index (χ0) is 8.72. The largest absolute Gasteiger partial charge is 0.481 e. The summed E-state index contributed by atoms with van der Waals surface area (Å²) in [5, 5.41) is 14.8. The van der Waals surface area contributed by atoms with E-state index in [0.717, 1.165) is 0 Å². The summed E-state index contributed by atoms with van der Waals surface area (Å²) >= 11 is 0. The van der Waals surface area contributed by atoms with Crippen LogP contribution in [-0.2, 0) is 4.79 Å². The second-order valence-electron chi connectivity index (χ2n) is 2.87. The predicted octanol–water partition coefficient (Wildman–Crippen LogP) is -0.425. The second-order valence-corrected chi connectivity index (χ2v) is 2.87. The van der Waals surface area contributed by atoms with Crippen molar-refractivity contribution in [3.05, 3.63) is 5.82 Å². The van der Waals surface area contributed by atoms with Crippen molar-refractivity contribution in [3.63, 3.8) is 0 Å². The smallest absolute Gasteiger partial charge is 0.307 e. The first-order valence-electron chi connectivity index (χ1n) is 3.59. The normalized spacial score (nSPS) is 27.0. The molecule has 6 nitrogen and oxygen atoms in total. The van der Waals surface area contributed by atoms with Crippen LogP contribution in [0.1, 0.15) is 18.2 Å². The summed E-state index contributed by atoms with van der Waals surface area (Å²) in [4.78, 5) is 14.3. The zero-order valence-electron chi connectivity index (χ0n) is 6.19. The first kappa shape index (κ1) is 7.08. The Morgan fingerprint density at radius 1 is 1.75 bits per heavy atom. The molecular weight excluding hydrogens is 160 g/mol. The van der Waals surface area contributed by atoms with E-state index in [1.54, 1.807) is 0 Å². The molecule has 0 spiro atoms. The van der Waals surface area contributed by atoms with Crippen molar-refractivity contribution >= 4 is 11.9 Å². The SMILES string of the molecule is Nc1n[nH]c(C2CC2C(=O)O)n1. The number of carboxylic acid groups (broad SMARTS) is 1. The Kier molecular flexibility index (Phi) is 1.30. The van der Waals surface area contributed by atoms with Crippen LogP contribution in [0.15, 0.2) is 0 Å². The molecule has 1 fully saturated rings. The summed E-state index contributed by atoms with van der Waals surface area (Å²) in [6.45, 7) is 0. The lowest BCUT2D eigenvalue weighted by Gasteiger charge is -1.87. The van der Waals surface area contributed by atoms with Crippen LogP contribution >= 0.6 is 0 Å². The van der Waals surface area contributed by atoms with Gasteiger partial charge in [0.05, 0.1) is 5.92 Å². The van der Waals surface area contributed by atoms with Gasteiger partial charge in [0.1, 0.15) is 5.82 Å². The first-order valence-corrected chi connectivity index (χ1v) is 3.59. The molecule has 0 aliphatic heterocycles. The van der Waals surface area contributed by atoms with Gasteiger partial charge < -0.3 is 10.8 Å². The highest BCUT2D eigenvalue weighted by atomic mass is 16.4. The van der Waals surface area contributed by atoms with Crippen LogP contribution < -0.4 is 5.73 Å². The van der Waals surface area contributed by atoms with E-state index in [1.807, 2.05) is 0 Å². The number of anilines is 1. The summed E-state index contributed by atoms with van der Waals surface area (Å²) in [5.74, 6) is -0.361. The van der Waals surface area contributed by atoms with Gasteiger partial charge in [-0.15, -0.1) is 5.10 Å². The van der Waals surface area contributed by atoms with Gasteiger partial charge in [-0.1, -0.05) is 0 Å². The number of nitrogens with two attached hydrogens (primary N) is 1. The van der Waals surface area contributed by atoms with E-state index >= 15 is 0 Å². The summed E-state index contributed by atoms with van der Waals surface area (Å²) in [7, 11) is 0. The Morgan fingerprint density at radius 2 is 2.50 bits per heavy atom. The quantitative estimate of drug-likeness (QED) is 0.556. The molecule has 64 valence electrons. The monoisotopic (exact) mass is 168 g/mol. The van der Waals surface area contributed by atoms with E-state index in [-0.39, 0.29) is 17.8 Å². The molecule has 2 atom stereocenters. The standard InChI is InChI=1S/C6H8N4O2/c7-6-8-4(9-10-6)2-1-3(2)5(11)12/h2-3H,1H2,(H,11,12)(H3,7,8,9,10). The second kappa shape index (κ2) is 2.20. The van der Waals surface area contributed by atoms with Gasteiger partial charge in [0.2, 0.25) is 5.95 Å². The van der Waals surface area contributed by atoms with E-state index in [9.17, 15) is 4.79 Å². The third-order valence-electron chi connectivity index (χ3n) is 1.98. The van der Waals surface area contributed by atoms with E-state index in [4.69, 9.17) is 10.8 Å². The van der Waals surface area contributed by atoms with Gasteiger partial charge in [0, 0.05) is 5.92 Å². The highest BCUT2D eigenvalue weighted by molar-refractivity contribution is 5.74. The number of H-pyrrole nitrogens is 1. The van der Waals surface area contributed by atoms with Crippen LogP contribution in [-0.4, -0.2) is 26.3 Å². The zero-order valence-corrected chi connectivity index (χ0v) is 6.19. The molecule has 6 heteroatoms. The summed E-state index contributed by atoms with van der Waals surface area (Å²) in [6, 6.07) is 0. The summed E-state index contributed by atoms with van der Waals surface area (Å²) in [6.07, 6.45) is 0.629. The number of hydrogen-bond donors (Lipinski definition) is 3. The van der Waals surface area contributed by atoms with E-state index in [2.05, 4.69) is 15.2 Å². The number of rotatable bonds is 2. The molecule has 0 saturated heterocycles. The number of nitrogen functional groups attached to an aromatic ring is 1. The Hall–Kier alpha value is -1.59. The minimum atomic E-state index is -0.782. The molecule has 2 rings (SSSR count). The van der Waals surface area contributed by atoms with Crippen LogP contribution in [0.3, 0.4) is 0 Å². The first-order chi connectivity index (χ1) is 5.68. The van der Waals surface area contributed by atoms with Crippen molar-refractivity contribution in [1.82, 2.24) is 15.2 Å². The van der Waals surface area contributed by atoms with Crippen molar-refractivity contribution in [1.29, 1.82) is 0 Å². The van der Waals surface area contributed by atoms with Crippen LogP contribution in [0, 0.1) is 5.92 Å². The van der Waals surface area contributed by atoms with Crippen LogP contribution in [0.4, 0.5) is 5.95 Å². The number of aromatic nitrogens is 3. The predicted molar refractivity (Wildman–Crippen MR) is 39.3 cm³/mol. The van der Waals surface area contributed by atoms with Gasteiger partial charge >= 0.3 is 5.97 Å². The van der Waals surface area contributed by atoms with Crippen molar-refractivity contribution < 1.29 is 9.90 Å². The number of aliphatic carboxylic acids is 1. The van der Waals surface area contributed by atoms with Crippen molar-refractivity contribution in [2.45, 2.75) is 12.3 Å². The fraction of sp³-hybridized carbons (Fsp3) is 0.500. The lowest BCUT2D eigenvalue weighted by molar-refractivity contribution is -0.138. The van der Waals surface area contributed by atoms with Crippen molar-refractivity contribution in [2.75, 3.05) is 5.73 Å². The number of nitrogens with zero attached hydrogens (tertiary/aromatic N) is 2. The molecule has 0 amide bonds. The van der Waals surface area contributed by atoms with Gasteiger partial charge in [-0.3, -0.25) is 9.89 Å². The molecule has 1 aliphatic carbocycles. The molecule has 4 N–H and O–H groups in total. The van der Waals surface area contributed by atoms with Crippen LogP contribution in [0.5, 0.6) is 0 Å². The van der Waals surface area contributed by atoms with E-state index in [1.165, 1.54) is 0 Å². The van der Waals surface area contributed by atoms with Gasteiger partial charge in [-0.2, -0.15) is 4.98 Å². The van der Waals surface area contributed by atoms with Crippen LogP contribution in [0.2, 0.25) is 0 Å². The average Bonchev–Trinajstić information content (AvgIpc) is 2.70. The third-order valence-corrected chi connectivity index (χ3v) is 1.98. The van der Waals surface area contributed by atoms with Gasteiger partial charge in [-0.25, -0.2) is 0 Å². The van der Waals surface area contributed by atoms with Crippen LogP contribution in [0.25, 0.3) is 0 Å². The molecule has 0 bridgehead atoms. The van der Waals surface area contributed by atoms with Gasteiger partial charge in [-0.05, 0) is 6.42 Å². The molecular formula is C6H8N4O2. The third kappa shape index (κ3) is 1.01. The number of aromatic amines is 1. The minimum Gasteiger partial charge on any atom is -0.481 e. The summed E-state index contributed by atoms with van der Waals surface area (Å²) < 4.78 is 0. The fourth-order valence-electron chi connectivity index (χ4n) is 1.22. The number of carboxylic acids is 1. The lowest BCUT2D eigenvalue weighted by Crippen LogP contribution is -1.99. The summed E-state index contributed by atoms with van der Waals surface area (Å²) in [5.41, 5.74) is 5.26. The van der Waals surface area contributed by atoms with E-state index in [0.29, 0.717) is 12.2 Å². The number of carbonyl (C=O) groups is 1. The van der Waals surface area contributed by atoms with E-state index < -0.39 is 5.97 Å². The molecule has 0 aromatic carbocycles. The Morgan fingerprint density at radius 3 is 2.92 bits per heavy atom. The molecule has 12 heavy (non-hydrogen) atoms.